The number of carbonyl (C=O) groups is 1. The van der Waals surface area contributed by atoms with Crippen molar-refractivity contribution in [3.05, 3.63) is 53.7 Å². The van der Waals surface area contributed by atoms with Gasteiger partial charge in [-0.15, -0.1) is 5.10 Å². The minimum atomic E-state index is -4.00. The van der Waals surface area contributed by atoms with Gasteiger partial charge in [-0.25, -0.2) is 17.9 Å². The maximum Gasteiger partial charge on any atom is 0.337 e. The van der Waals surface area contributed by atoms with Crippen LogP contribution in [0.5, 0.6) is 0 Å². The minimum absolute atomic E-state index is 0.0649. The van der Waals surface area contributed by atoms with Crippen LogP contribution in [-0.2, 0) is 28.2 Å². The maximum absolute atomic E-state index is 13.6. The van der Waals surface area contributed by atoms with Crippen LogP contribution in [0.4, 0.5) is 11.4 Å². The van der Waals surface area contributed by atoms with Crippen molar-refractivity contribution in [2.24, 2.45) is 7.05 Å². The molecule has 0 amide bonds. The van der Waals surface area contributed by atoms with Crippen molar-refractivity contribution in [1.29, 1.82) is 0 Å². The standard InChI is InChI=1S/C24H29N5O4S/c1-4-17-8-9-19(24(30)33-3)15-23(17)34(31,32)26-20-14-18(22-16-25-27-28(22)2)10-11-21(20)29-12-6-5-7-13-29/h8-11,14-16,26H,4-7,12-13H2,1-3H3. The number of nitrogens with one attached hydrogen (secondary N) is 1. The number of methoxy groups -OCH3 is 1. The molecule has 10 heteroatoms. The number of anilines is 2. The van der Waals surface area contributed by atoms with Gasteiger partial charge in [0.25, 0.3) is 10.0 Å². The lowest BCUT2D eigenvalue weighted by molar-refractivity contribution is 0.0600. The molecule has 1 aliphatic heterocycles. The van der Waals surface area contributed by atoms with Gasteiger partial charge in [0, 0.05) is 25.7 Å². The molecular weight excluding hydrogens is 454 g/mol. The number of sulfonamides is 1. The van der Waals surface area contributed by atoms with Gasteiger partial charge in [-0.3, -0.25) is 4.72 Å². The monoisotopic (exact) mass is 483 g/mol. The molecule has 0 spiro atoms. The molecule has 0 bridgehead atoms. The zero-order valence-electron chi connectivity index (χ0n) is 19.6. The third-order valence-corrected chi connectivity index (χ3v) is 7.55. The van der Waals surface area contributed by atoms with Crippen molar-refractivity contribution in [2.45, 2.75) is 37.5 Å². The maximum atomic E-state index is 13.6. The Hall–Kier alpha value is -3.40. The summed E-state index contributed by atoms with van der Waals surface area (Å²) >= 11 is 0. The van der Waals surface area contributed by atoms with E-state index in [9.17, 15) is 13.2 Å². The van der Waals surface area contributed by atoms with Crippen molar-refractivity contribution < 1.29 is 17.9 Å². The number of benzene rings is 2. The molecule has 0 saturated carbocycles. The summed E-state index contributed by atoms with van der Waals surface area (Å²) in [6, 6.07) is 10.3. The first-order valence-electron chi connectivity index (χ1n) is 11.3. The lowest BCUT2D eigenvalue weighted by Gasteiger charge is -2.31. The summed E-state index contributed by atoms with van der Waals surface area (Å²) in [5.74, 6) is -0.584. The summed E-state index contributed by atoms with van der Waals surface area (Å²) in [6.07, 6.45) is 5.42. The normalized spacial score (nSPS) is 14.1. The summed E-state index contributed by atoms with van der Waals surface area (Å²) in [5, 5.41) is 7.93. The van der Waals surface area contributed by atoms with E-state index in [4.69, 9.17) is 4.74 Å². The van der Waals surface area contributed by atoms with Crippen LogP contribution in [0.3, 0.4) is 0 Å². The number of aryl methyl sites for hydroxylation is 2. The van der Waals surface area contributed by atoms with Crippen molar-refractivity contribution in [3.63, 3.8) is 0 Å². The second-order valence-corrected chi connectivity index (χ2v) is 9.95. The number of esters is 1. The number of carbonyl (C=O) groups excluding carboxylic acids is 1. The fraction of sp³-hybridized carbons (Fsp3) is 0.375. The average molecular weight is 484 g/mol. The Balaban J connectivity index is 1.80. The predicted octanol–water partition coefficient (Wildman–Crippen LogP) is 3.62. The smallest absolute Gasteiger partial charge is 0.337 e. The Labute approximate surface area is 199 Å². The minimum Gasteiger partial charge on any atom is -0.465 e. The molecule has 34 heavy (non-hydrogen) atoms. The zero-order valence-corrected chi connectivity index (χ0v) is 20.4. The Morgan fingerprint density at radius 3 is 2.53 bits per heavy atom. The summed E-state index contributed by atoms with van der Waals surface area (Å²) in [5.41, 5.74) is 3.67. The van der Waals surface area contributed by atoms with E-state index in [1.165, 1.54) is 13.2 Å². The zero-order chi connectivity index (χ0) is 24.3. The van der Waals surface area contributed by atoms with E-state index < -0.39 is 16.0 Å². The van der Waals surface area contributed by atoms with Crippen LogP contribution in [0.15, 0.2) is 47.5 Å². The van der Waals surface area contributed by atoms with E-state index in [0.717, 1.165) is 49.3 Å². The highest BCUT2D eigenvalue weighted by Gasteiger charge is 2.24. The van der Waals surface area contributed by atoms with Gasteiger partial charge in [0.2, 0.25) is 0 Å². The van der Waals surface area contributed by atoms with Crippen molar-refractivity contribution in [1.82, 2.24) is 15.0 Å². The third-order valence-electron chi connectivity index (χ3n) is 6.11. The van der Waals surface area contributed by atoms with Crippen LogP contribution < -0.4 is 9.62 Å². The lowest BCUT2D eigenvalue weighted by atomic mass is 10.1. The van der Waals surface area contributed by atoms with Gasteiger partial charge in [0.1, 0.15) is 0 Å². The first kappa shape index (κ1) is 23.7. The van der Waals surface area contributed by atoms with Gasteiger partial charge in [-0.2, -0.15) is 0 Å². The highest BCUT2D eigenvalue weighted by atomic mass is 32.2. The summed E-state index contributed by atoms with van der Waals surface area (Å²) in [7, 11) is -0.941. The van der Waals surface area contributed by atoms with Gasteiger partial charge in [0.15, 0.2) is 0 Å². The van der Waals surface area contributed by atoms with E-state index >= 15 is 0 Å². The van der Waals surface area contributed by atoms with Crippen LogP contribution in [0.25, 0.3) is 11.3 Å². The summed E-state index contributed by atoms with van der Waals surface area (Å²) < 4.78 is 36.5. The third kappa shape index (κ3) is 4.77. The van der Waals surface area contributed by atoms with E-state index in [2.05, 4.69) is 19.9 Å². The van der Waals surface area contributed by atoms with Crippen molar-refractivity contribution in [2.75, 3.05) is 29.8 Å². The molecule has 1 aromatic heterocycles. The Kier molecular flexibility index (Phi) is 6.87. The molecule has 1 fully saturated rings. The number of piperidine rings is 1. The Morgan fingerprint density at radius 2 is 1.88 bits per heavy atom. The molecule has 1 saturated heterocycles. The van der Waals surface area contributed by atoms with Crippen LogP contribution in [0.2, 0.25) is 0 Å². The fourth-order valence-corrected chi connectivity index (χ4v) is 5.68. The number of aromatic nitrogens is 3. The fourth-order valence-electron chi connectivity index (χ4n) is 4.28. The Morgan fingerprint density at radius 1 is 1.12 bits per heavy atom. The Bertz CT molecular complexity index is 1300. The van der Waals surface area contributed by atoms with Crippen LogP contribution >= 0.6 is 0 Å². The summed E-state index contributed by atoms with van der Waals surface area (Å²) in [4.78, 5) is 14.3. The van der Waals surface area contributed by atoms with Crippen molar-refractivity contribution >= 4 is 27.4 Å². The van der Waals surface area contributed by atoms with Crippen LogP contribution in [0, 0.1) is 0 Å². The first-order chi connectivity index (χ1) is 16.3. The van der Waals surface area contributed by atoms with Gasteiger partial charge >= 0.3 is 5.97 Å². The number of nitrogens with zero attached hydrogens (tertiary/aromatic N) is 4. The topological polar surface area (TPSA) is 106 Å². The number of hydrogen-bond acceptors (Lipinski definition) is 7. The molecule has 180 valence electrons. The summed E-state index contributed by atoms with van der Waals surface area (Å²) in [6.45, 7) is 3.60. The highest BCUT2D eigenvalue weighted by Crippen LogP contribution is 2.35. The quantitative estimate of drug-likeness (QED) is 0.512. The van der Waals surface area contributed by atoms with Gasteiger partial charge in [-0.1, -0.05) is 24.3 Å². The largest absolute Gasteiger partial charge is 0.465 e. The van der Waals surface area contributed by atoms with E-state index in [1.54, 1.807) is 30.1 Å². The van der Waals surface area contributed by atoms with Crippen LogP contribution in [-0.4, -0.2) is 49.6 Å². The van der Waals surface area contributed by atoms with Crippen molar-refractivity contribution in [3.8, 4) is 11.3 Å². The van der Waals surface area contributed by atoms with E-state index in [1.807, 2.05) is 25.1 Å². The first-order valence-corrected chi connectivity index (χ1v) is 12.8. The molecule has 1 aliphatic rings. The molecule has 2 aromatic carbocycles. The number of ether oxygens (including phenoxy) is 1. The van der Waals surface area contributed by atoms with E-state index in [-0.39, 0.29) is 10.5 Å². The predicted molar refractivity (Wildman–Crippen MR) is 130 cm³/mol. The van der Waals surface area contributed by atoms with Gasteiger partial charge in [-0.05, 0) is 55.5 Å². The lowest BCUT2D eigenvalue weighted by Crippen LogP contribution is -2.30. The second-order valence-electron chi connectivity index (χ2n) is 8.30. The average Bonchev–Trinajstić information content (AvgIpc) is 3.29. The van der Waals surface area contributed by atoms with Gasteiger partial charge < -0.3 is 9.64 Å². The molecule has 4 rings (SSSR count). The second kappa shape index (κ2) is 9.84. The molecule has 9 nitrogen and oxygen atoms in total. The number of rotatable bonds is 7. The molecule has 0 radical (unpaired) electrons. The van der Waals surface area contributed by atoms with E-state index in [0.29, 0.717) is 17.7 Å². The molecule has 0 aliphatic carbocycles. The molecule has 0 atom stereocenters. The number of hydrogen-bond donors (Lipinski definition) is 1. The van der Waals surface area contributed by atoms with Gasteiger partial charge in [0.05, 0.1) is 40.8 Å². The molecule has 3 aromatic rings. The molecular formula is C24H29N5O4S. The SMILES string of the molecule is CCc1ccc(C(=O)OC)cc1S(=O)(=O)Nc1cc(-c2cnnn2C)ccc1N1CCCCC1. The molecule has 0 unspecified atom stereocenters. The molecule has 2 heterocycles. The van der Waals surface area contributed by atoms with Crippen LogP contribution in [0.1, 0.15) is 42.1 Å². The highest BCUT2D eigenvalue weighted by molar-refractivity contribution is 7.92. The molecule has 1 N–H and O–H groups in total.